The van der Waals surface area contributed by atoms with E-state index < -0.39 is 0 Å². The van der Waals surface area contributed by atoms with Gasteiger partial charge in [0.2, 0.25) is 0 Å². The minimum Gasteiger partial charge on any atom is -0.397 e. The number of nitrogens with zero attached hydrogens (tertiary/aromatic N) is 3. The third-order valence-corrected chi connectivity index (χ3v) is 6.01. The number of anilines is 2. The smallest absolute Gasteiger partial charge is 0.266 e. The number of nitrogen functional groups attached to an aromatic ring is 1. The lowest BCUT2D eigenvalue weighted by molar-refractivity contribution is 0.0752. The highest BCUT2D eigenvalue weighted by Gasteiger charge is 2.26. The summed E-state index contributed by atoms with van der Waals surface area (Å²) >= 11 is 7.46. The first-order valence-corrected chi connectivity index (χ1v) is 9.68. The quantitative estimate of drug-likeness (QED) is 0.727. The third kappa shape index (κ3) is 3.10. The number of piperazine rings is 1. The van der Waals surface area contributed by atoms with Gasteiger partial charge in [-0.25, -0.2) is 4.98 Å². The molecule has 0 saturated carbocycles. The van der Waals surface area contributed by atoms with Gasteiger partial charge in [0.15, 0.2) is 0 Å². The number of pyridine rings is 1. The molecule has 1 aliphatic rings. The number of carbonyl (C=O) groups excluding carboxylic acids is 1. The molecule has 4 rings (SSSR count). The zero-order valence-electron chi connectivity index (χ0n) is 14.4. The van der Waals surface area contributed by atoms with E-state index in [0.717, 1.165) is 39.7 Å². The Kier molecular flexibility index (Phi) is 4.46. The number of aromatic nitrogens is 1. The van der Waals surface area contributed by atoms with E-state index >= 15 is 0 Å². The van der Waals surface area contributed by atoms with Gasteiger partial charge in [0.05, 0.1) is 5.69 Å². The summed E-state index contributed by atoms with van der Waals surface area (Å²) in [6, 6.07) is 11.7. The molecule has 3 aromatic rings. The molecular weight excluding hydrogens is 368 g/mol. The lowest BCUT2D eigenvalue weighted by atomic mass is 10.2. The van der Waals surface area contributed by atoms with Crippen molar-refractivity contribution in [2.24, 2.45) is 0 Å². The molecule has 0 radical (unpaired) electrons. The largest absolute Gasteiger partial charge is 0.397 e. The number of amides is 1. The van der Waals surface area contributed by atoms with Crippen molar-refractivity contribution in [1.82, 2.24) is 9.88 Å². The van der Waals surface area contributed by atoms with E-state index in [1.165, 1.54) is 11.3 Å². The molecule has 1 aromatic carbocycles. The van der Waals surface area contributed by atoms with E-state index in [1.54, 1.807) is 0 Å². The van der Waals surface area contributed by atoms with Crippen LogP contribution in [0.15, 0.2) is 36.4 Å². The highest BCUT2D eigenvalue weighted by Crippen LogP contribution is 2.33. The second-order valence-corrected chi connectivity index (χ2v) is 7.84. The van der Waals surface area contributed by atoms with Crippen LogP contribution in [0.3, 0.4) is 0 Å². The maximum atomic E-state index is 13.0. The Bertz CT molecular complexity index is 979. The van der Waals surface area contributed by atoms with Gasteiger partial charge in [0.1, 0.15) is 9.71 Å². The van der Waals surface area contributed by atoms with Gasteiger partial charge in [-0.3, -0.25) is 4.79 Å². The summed E-state index contributed by atoms with van der Waals surface area (Å²) in [5.74, 6) is -0.00565. The molecule has 1 fully saturated rings. The van der Waals surface area contributed by atoms with Crippen LogP contribution in [0.4, 0.5) is 11.4 Å². The van der Waals surface area contributed by atoms with Crippen molar-refractivity contribution in [2.45, 2.75) is 6.92 Å². The van der Waals surface area contributed by atoms with Crippen LogP contribution in [-0.2, 0) is 0 Å². The summed E-state index contributed by atoms with van der Waals surface area (Å²) in [6.07, 6.45) is 0. The lowest BCUT2D eigenvalue weighted by Crippen LogP contribution is -2.48. The maximum absolute atomic E-state index is 13.0. The topological polar surface area (TPSA) is 62.5 Å². The first kappa shape index (κ1) is 17.1. The fraction of sp³-hybridized carbons (Fsp3) is 0.263. The van der Waals surface area contributed by atoms with Crippen molar-refractivity contribution in [3.8, 4) is 0 Å². The zero-order valence-corrected chi connectivity index (χ0v) is 16.0. The second kappa shape index (κ2) is 6.78. The van der Waals surface area contributed by atoms with Gasteiger partial charge >= 0.3 is 0 Å². The summed E-state index contributed by atoms with van der Waals surface area (Å²) in [4.78, 5) is 23.0. The molecule has 2 N–H and O–H groups in total. The van der Waals surface area contributed by atoms with Crippen LogP contribution in [-0.4, -0.2) is 42.0 Å². The van der Waals surface area contributed by atoms with E-state index in [1.807, 2.05) is 48.2 Å². The molecule has 1 amide bonds. The number of halogens is 1. The highest BCUT2D eigenvalue weighted by molar-refractivity contribution is 7.21. The molecule has 0 bridgehead atoms. The normalized spacial score (nSPS) is 14.8. The first-order valence-electron chi connectivity index (χ1n) is 8.48. The van der Waals surface area contributed by atoms with Gasteiger partial charge in [-0.05, 0) is 37.3 Å². The number of aryl methyl sites for hydroxylation is 1. The summed E-state index contributed by atoms with van der Waals surface area (Å²) in [6.45, 7) is 4.80. The number of carbonyl (C=O) groups is 1. The molecule has 26 heavy (non-hydrogen) atoms. The molecule has 1 aliphatic heterocycles. The second-order valence-electron chi connectivity index (χ2n) is 6.41. The SMILES string of the molecule is Cc1ccc2c(N)c(C(=O)N3CCN(c4cccc(Cl)c4)CC3)sc2n1. The molecule has 134 valence electrons. The molecule has 5 nitrogen and oxygen atoms in total. The Morgan fingerprint density at radius 3 is 2.69 bits per heavy atom. The molecule has 2 aromatic heterocycles. The molecular formula is C19H19ClN4OS. The minimum absolute atomic E-state index is 0.00565. The number of thiophene rings is 1. The monoisotopic (exact) mass is 386 g/mol. The third-order valence-electron chi connectivity index (χ3n) is 4.67. The van der Waals surface area contributed by atoms with Crippen LogP contribution in [0.25, 0.3) is 10.2 Å². The van der Waals surface area contributed by atoms with Crippen molar-refractivity contribution >= 4 is 50.4 Å². The number of hydrogen-bond acceptors (Lipinski definition) is 5. The van der Waals surface area contributed by atoms with E-state index in [-0.39, 0.29) is 5.91 Å². The summed E-state index contributed by atoms with van der Waals surface area (Å²) in [5.41, 5.74) is 8.78. The van der Waals surface area contributed by atoms with Crippen LogP contribution in [0.1, 0.15) is 15.4 Å². The van der Waals surface area contributed by atoms with Gasteiger partial charge in [-0.15, -0.1) is 11.3 Å². The Morgan fingerprint density at radius 1 is 1.19 bits per heavy atom. The summed E-state index contributed by atoms with van der Waals surface area (Å²) in [5, 5.41) is 1.59. The van der Waals surface area contributed by atoms with Crippen molar-refractivity contribution in [3.63, 3.8) is 0 Å². The van der Waals surface area contributed by atoms with Crippen LogP contribution < -0.4 is 10.6 Å². The Hall–Kier alpha value is -2.31. The summed E-state index contributed by atoms with van der Waals surface area (Å²) < 4.78 is 0. The van der Waals surface area contributed by atoms with E-state index in [9.17, 15) is 4.79 Å². The Balaban J connectivity index is 1.51. The number of fused-ring (bicyclic) bond motifs is 1. The number of rotatable bonds is 2. The first-order chi connectivity index (χ1) is 12.5. The van der Waals surface area contributed by atoms with E-state index in [4.69, 9.17) is 17.3 Å². The van der Waals surface area contributed by atoms with Crippen LogP contribution in [0, 0.1) is 6.92 Å². The molecule has 0 unspecified atom stereocenters. The average molecular weight is 387 g/mol. The van der Waals surface area contributed by atoms with Crippen molar-refractivity contribution in [1.29, 1.82) is 0 Å². The molecule has 0 atom stereocenters. The molecule has 0 spiro atoms. The van der Waals surface area contributed by atoms with Gasteiger partial charge in [-0.2, -0.15) is 0 Å². The molecule has 0 aliphatic carbocycles. The standard InChI is InChI=1S/C19H19ClN4OS/c1-12-5-6-15-16(21)17(26-18(15)22-12)19(25)24-9-7-23(8-10-24)14-4-2-3-13(20)11-14/h2-6,11H,7-10,21H2,1H3. The fourth-order valence-electron chi connectivity index (χ4n) is 3.23. The van der Waals surface area contributed by atoms with Crippen LogP contribution >= 0.6 is 22.9 Å². The predicted octanol–water partition coefficient (Wildman–Crippen LogP) is 3.80. The zero-order chi connectivity index (χ0) is 18.3. The van der Waals surface area contributed by atoms with Crippen molar-refractivity contribution in [2.75, 3.05) is 36.8 Å². The molecule has 1 saturated heterocycles. The molecule has 7 heteroatoms. The van der Waals surface area contributed by atoms with Gasteiger partial charge in [-0.1, -0.05) is 17.7 Å². The highest BCUT2D eigenvalue weighted by atomic mass is 35.5. The van der Waals surface area contributed by atoms with Gasteiger partial charge in [0.25, 0.3) is 5.91 Å². The average Bonchev–Trinajstić information content (AvgIpc) is 2.97. The Morgan fingerprint density at radius 2 is 1.96 bits per heavy atom. The van der Waals surface area contributed by atoms with Gasteiger partial charge in [0, 0.05) is 48.0 Å². The molecule has 3 heterocycles. The fourth-order valence-corrected chi connectivity index (χ4v) is 4.52. The number of nitrogens with two attached hydrogens (primary N) is 1. The van der Waals surface area contributed by atoms with Gasteiger partial charge < -0.3 is 15.5 Å². The van der Waals surface area contributed by atoms with E-state index in [2.05, 4.69) is 9.88 Å². The predicted molar refractivity (Wildman–Crippen MR) is 108 cm³/mol. The lowest BCUT2D eigenvalue weighted by Gasteiger charge is -2.36. The Labute approximate surface area is 161 Å². The van der Waals surface area contributed by atoms with Crippen molar-refractivity contribution < 1.29 is 4.79 Å². The number of benzene rings is 1. The summed E-state index contributed by atoms with van der Waals surface area (Å²) in [7, 11) is 0. The maximum Gasteiger partial charge on any atom is 0.266 e. The van der Waals surface area contributed by atoms with Crippen molar-refractivity contribution in [3.05, 3.63) is 52.0 Å². The minimum atomic E-state index is -0.00565. The number of hydrogen-bond donors (Lipinski definition) is 1. The van der Waals surface area contributed by atoms with Crippen LogP contribution in [0.5, 0.6) is 0 Å². The van der Waals surface area contributed by atoms with E-state index in [0.29, 0.717) is 23.7 Å². The van der Waals surface area contributed by atoms with Crippen LogP contribution in [0.2, 0.25) is 5.02 Å².